The van der Waals surface area contributed by atoms with Crippen LogP contribution < -0.4 is 5.32 Å². The minimum absolute atomic E-state index is 0.253. The van der Waals surface area contributed by atoms with E-state index in [9.17, 15) is 5.26 Å². The second-order valence-electron chi connectivity index (χ2n) is 6.12. The van der Waals surface area contributed by atoms with Crippen LogP contribution in [0.15, 0.2) is 0 Å². The Hall–Kier alpha value is -0.590. The number of nitriles is 1. The summed E-state index contributed by atoms with van der Waals surface area (Å²) in [6, 6.07) is 3.97. The lowest BCUT2D eigenvalue weighted by atomic mass is 9.78. The van der Waals surface area contributed by atoms with Crippen LogP contribution in [-0.4, -0.2) is 36.1 Å². The van der Waals surface area contributed by atoms with Crippen molar-refractivity contribution in [2.24, 2.45) is 0 Å². The SMILES string of the molecule is CCCNC1(C#N)CCCC(N(C)C2CCC2)C1. The van der Waals surface area contributed by atoms with Gasteiger partial charge in [-0.2, -0.15) is 5.26 Å². The molecule has 2 rings (SSSR count). The first-order chi connectivity index (χ1) is 8.71. The summed E-state index contributed by atoms with van der Waals surface area (Å²) in [4.78, 5) is 2.56. The largest absolute Gasteiger partial charge is 0.300 e. The molecule has 18 heavy (non-hydrogen) atoms. The summed E-state index contributed by atoms with van der Waals surface area (Å²) in [6.07, 6.45) is 9.70. The molecule has 0 aromatic carbocycles. The van der Waals surface area contributed by atoms with Gasteiger partial charge in [0.1, 0.15) is 5.54 Å². The first-order valence-corrected chi connectivity index (χ1v) is 7.59. The highest BCUT2D eigenvalue weighted by atomic mass is 15.2. The quantitative estimate of drug-likeness (QED) is 0.814. The van der Waals surface area contributed by atoms with E-state index in [1.807, 2.05) is 0 Å². The summed E-state index contributed by atoms with van der Waals surface area (Å²) in [7, 11) is 2.27. The highest BCUT2D eigenvalue weighted by Crippen LogP contribution is 2.34. The Labute approximate surface area is 112 Å². The van der Waals surface area contributed by atoms with Crippen LogP contribution in [0.25, 0.3) is 0 Å². The van der Waals surface area contributed by atoms with Gasteiger partial charge >= 0.3 is 0 Å². The normalized spacial score (nSPS) is 33.1. The molecule has 0 heterocycles. The van der Waals surface area contributed by atoms with Gasteiger partial charge in [-0.05, 0) is 58.5 Å². The van der Waals surface area contributed by atoms with Gasteiger partial charge in [0.15, 0.2) is 0 Å². The van der Waals surface area contributed by atoms with Crippen LogP contribution >= 0.6 is 0 Å². The van der Waals surface area contributed by atoms with Crippen molar-refractivity contribution in [3.63, 3.8) is 0 Å². The van der Waals surface area contributed by atoms with Crippen molar-refractivity contribution in [2.45, 2.75) is 75.9 Å². The lowest BCUT2D eigenvalue weighted by molar-refractivity contribution is 0.0679. The third kappa shape index (κ3) is 2.87. The molecule has 3 nitrogen and oxygen atoms in total. The Morgan fingerprint density at radius 2 is 2.00 bits per heavy atom. The maximum atomic E-state index is 9.55. The third-order valence-corrected chi connectivity index (χ3v) is 4.88. The molecule has 0 aliphatic heterocycles. The molecule has 0 amide bonds. The molecule has 3 heteroatoms. The number of hydrogen-bond acceptors (Lipinski definition) is 3. The summed E-state index contributed by atoms with van der Waals surface area (Å²) in [5, 5.41) is 13.1. The first kappa shape index (κ1) is 13.8. The van der Waals surface area contributed by atoms with Gasteiger partial charge in [-0.1, -0.05) is 13.3 Å². The van der Waals surface area contributed by atoms with E-state index in [4.69, 9.17) is 0 Å². The topological polar surface area (TPSA) is 39.1 Å². The van der Waals surface area contributed by atoms with Gasteiger partial charge in [-0.3, -0.25) is 5.32 Å². The summed E-state index contributed by atoms with van der Waals surface area (Å²) < 4.78 is 0. The maximum Gasteiger partial charge on any atom is 0.108 e. The van der Waals surface area contributed by atoms with Crippen LogP contribution in [0.5, 0.6) is 0 Å². The Morgan fingerprint density at radius 3 is 2.56 bits per heavy atom. The third-order valence-electron chi connectivity index (χ3n) is 4.88. The molecule has 0 aromatic rings. The molecule has 102 valence electrons. The van der Waals surface area contributed by atoms with Gasteiger partial charge in [0.2, 0.25) is 0 Å². The Bertz CT molecular complexity index is 305. The molecular formula is C15H27N3. The lowest BCUT2D eigenvalue weighted by Crippen LogP contribution is -2.54. The van der Waals surface area contributed by atoms with Crippen LogP contribution in [0, 0.1) is 11.3 Å². The number of hydrogen-bond donors (Lipinski definition) is 1. The molecule has 0 radical (unpaired) electrons. The van der Waals surface area contributed by atoms with Gasteiger partial charge in [-0.25, -0.2) is 0 Å². The minimum atomic E-state index is -0.253. The van der Waals surface area contributed by atoms with Crippen molar-refractivity contribution >= 4 is 0 Å². The predicted molar refractivity (Wildman–Crippen MR) is 74.3 cm³/mol. The van der Waals surface area contributed by atoms with E-state index in [0.717, 1.165) is 31.8 Å². The van der Waals surface area contributed by atoms with Crippen LogP contribution in [-0.2, 0) is 0 Å². The summed E-state index contributed by atoms with van der Waals surface area (Å²) in [6.45, 7) is 3.13. The van der Waals surface area contributed by atoms with Gasteiger partial charge in [0.25, 0.3) is 0 Å². The Kier molecular flexibility index (Phi) is 4.64. The van der Waals surface area contributed by atoms with E-state index < -0.39 is 0 Å². The fourth-order valence-corrected chi connectivity index (χ4v) is 3.35. The number of rotatable bonds is 5. The molecule has 2 fully saturated rings. The lowest BCUT2D eigenvalue weighted by Gasteiger charge is -2.45. The Morgan fingerprint density at radius 1 is 1.28 bits per heavy atom. The first-order valence-electron chi connectivity index (χ1n) is 7.59. The van der Waals surface area contributed by atoms with Crippen LogP contribution in [0.2, 0.25) is 0 Å². The van der Waals surface area contributed by atoms with Crippen molar-refractivity contribution in [3.8, 4) is 6.07 Å². The van der Waals surface area contributed by atoms with Crippen molar-refractivity contribution in [1.29, 1.82) is 5.26 Å². The zero-order valence-corrected chi connectivity index (χ0v) is 11.9. The zero-order valence-electron chi connectivity index (χ0n) is 11.9. The zero-order chi connectivity index (χ0) is 13.0. The molecule has 1 N–H and O–H groups in total. The molecule has 2 unspecified atom stereocenters. The fraction of sp³-hybridized carbons (Fsp3) is 0.933. The smallest absolute Gasteiger partial charge is 0.108 e. The van der Waals surface area contributed by atoms with Gasteiger partial charge in [0, 0.05) is 12.1 Å². The summed E-state index contributed by atoms with van der Waals surface area (Å²) in [5.74, 6) is 0. The van der Waals surface area contributed by atoms with Crippen LogP contribution in [0.1, 0.15) is 58.3 Å². The van der Waals surface area contributed by atoms with Crippen molar-refractivity contribution in [1.82, 2.24) is 10.2 Å². The van der Waals surface area contributed by atoms with Gasteiger partial charge in [-0.15, -0.1) is 0 Å². The Balaban J connectivity index is 1.95. The van der Waals surface area contributed by atoms with E-state index in [1.54, 1.807) is 0 Å². The molecule has 2 aliphatic carbocycles. The van der Waals surface area contributed by atoms with Gasteiger partial charge < -0.3 is 4.90 Å². The molecule has 0 aromatic heterocycles. The summed E-state index contributed by atoms with van der Waals surface area (Å²) in [5.41, 5.74) is -0.253. The predicted octanol–water partition coefficient (Wildman–Crippen LogP) is 2.68. The molecule has 0 saturated heterocycles. The molecule has 2 aliphatic rings. The standard InChI is InChI=1S/C15H27N3/c1-3-10-17-15(12-16)9-5-8-14(11-15)18(2)13-6-4-7-13/h13-14,17H,3-11H2,1-2H3. The molecule has 2 atom stereocenters. The highest BCUT2D eigenvalue weighted by molar-refractivity contribution is 5.11. The van der Waals surface area contributed by atoms with Crippen molar-refractivity contribution in [2.75, 3.05) is 13.6 Å². The summed E-state index contributed by atoms with van der Waals surface area (Å²) >= 11 is 0. The maximum absolute atomic E-state index is 9.55. The second-order valence-corrected chi connectivity index (χ2v) is 6.12. The monoisotopic (exact) mass is 249 g/mol. The minimum Gasteiger partial charge on any atom is -0.300 e. The molecule has 0 bridgehead atoms. The second kappa shape index (κ2) is 6.04. The van der Waals surface area contributed by atoms with E-state index in [2.05, 4.69) is 30.3 Å². The average Bonchev–Trinajstić information content (AvgIpc) is 2.34. The molecule has 0 spiro atoms. The van der Waals surface area contributed by atoms with E-state index in [1.165, 1.54) is 32.1 Å². The highest BCUT2D eigenvalue weighted by Gasteiger charge is 2.39. The number of nitrogens with one attached hydrogen (secondary N) is 1. The van der Waals surface area contributed by atoms with Gasteiger partial charge in [0.05, 0.1) is 6.07 Å². The van der Waals surface area contributed by atoms with E-state index in [0.29, 0.717) is 6.04 Å². The van der Waals surface area contributed by atoms with Crippen molar-refractivity contribution < 1.29 is 0 Å². The fourth-order valence-electron chi connectivity index (χ4n) is 3.35. The van der Waals surface area contributed by atoms with E-state index >= 15 is 0 Å². The average molecular weight is 249 g/mol. The molecule has 2 saturated carbocycles. The van der Waals surface area contributed by atoms with Crippen molar-refractivity contribution in [3.05, 3.63) is 0 Å². The molecular weight excluding hydrogens is 222 g/mol. The number of nitrogens with zero attached hydrogens (tertiary/aromatic N) is 2. The van der Waals surface area contributed by atoms with E-state index in [-0.39, 0.29) is 5.54 Å². The van der Waals surface area contributed by atoms with Crippen LogP contribution in [0.4, 0.5) is 0 Å². The van der Waals surface area contributed by atoms with Crippen LogP contribution in [0.3, 0.4) is 0 Å².